The summed E-state index contributed by atoms with van der Waals surface area (Å²) in [5.41, 5.74) is -1.50. The highest BCUT2D eigenvalue weighted by Crippen LogP contribution is 2.58. The molecule has 5 aliphatic rings. The zero-order chi connectivity index (χ0) is 13.4. The minimum atomic E-state index is -0.872. The number of aliphatic hydroxyl groups is 1. The first-order chi connectivity index (χ1) is 8.92. The van der Waals surface area contributed by atoms with Crippen molar-refractivity contribution in [2.45, 2.75) is 43.2 Å². The maximum Gasteiger partial charge on any atom is 0.254 e. The highest BCUT2D eigenvalue weighted by atomic mass is 16.3. The Kier molecular flexibility index (Phi) is 1.88. The predicted octanol–water partition coefficient (Wildman–Crippen LogP) is 0.174. The molecule has 100 valence electrons. The van der Waals surface area contributed by atoms with E-state index >= 15 is 0 Å². The monoisotopic (exact) mass is 261 g/mol. The van der Waals surface area contributed by atoms with E-state index in [-0.39, 0.29) is 29.4 Å². The number of nitrogens with zero attached hydrogens (tertiary/aromatic N) is 1. The first kappa shape index (κ1) is 11.3. The Morgan fingerprint density at radius 3 is 2.05 bits per heavy atom. The van der Waals surface area contributed by atoms with E-state index < -0.39 is 11.1 Å². The number of hydrogen-bond donors (Lipinski definition) is 1. The molecule has 1 heterocycles. The molecule has 1 N–H and O–H groups in total. The Balaban J connectivity index is 1.78. The maximum absolute atomic E-state index is 12.1. The third-order valence-corrected chi connectivity index (χ3v) is 5.25. The van der Waals surface area contributed by atoms with Gasteiger partial charge in [0.15, 0.2) is 0 Å². The fourth-order valence-corrected chi connectivity index (χ4v) is 4.91. The Morgan fingerprint density at radius 2 is 1.53 bits per heavy atom. The number of carbonyl (C=O) groups excluding carboxylic acids is 3. The lowest BCUT2D eigenvalue weighted by Gasteiger charge is -2.61. The van der Waals surface area contributed by atoms with E-state index in [1.807, 2.05) is 0 Å². The van der Waals surface area contributed by atoms with Gasteiger partial charge in [0.05, 0.1) is 11.1 Å². The number of ketones is 1. The summed E-state index contributed by atoms with van der Waals surface area (Å²) in [7, 11) is 0. The third-order valence-electron chi connectivity index (χ3n) is 5.25. The van der Waals surface area contributed by atoms with Crippen LogP contribution >= 0.6 is 0 Å². The van der Waals surface area contributed by atoms with Gasteiger partial charge >= 0.3 is 0 Å². The number of hydrogen-bond acceptors (Lipinski definition) is 4. The summed E-state index contributed by atoms with van der Waals surface area (Å²) in [5, 5.41) is 10.6. The Hall–Kier alpha value is -1.49. The van der Waals surface area contributed by atoms with Crippen molar-refractivity contribution in [2.24, 2.45) is 11.8 Å². The van der Waals surface area contributed by atoms with Crippen LogP contribution in [0, 0.1) is 11.8 Å². The Morgan fingerprint density at radius 1 is 1.00 bits per heavy atom. The molecule has 19 heavy (non-hydrogen) atoms. The molecule has 5 rings (SSSR count). The molecule has 1 aliphatic heterocycles. The van der Waals surface area contributed by atoms with Gasteiger partial charge in [-0.2, -0.15) is 0 Å². The van der Waals surface area contributed by atoms with Gasteiger partial charge in [0.25, 0.3) is 11.8 Å². The van der Waals surface area contributed by atoms with Crippen LogP contribution in [-0.4, -0.2) is 38.7 Å². The lowest BCUT2D eigenvalue weighted by molar-refractivity contribution is -0.188. The molecule has 0 aromatic heterocycles. The molecule has 5 nitrogen and oxygen atoms in total. The molecular formula is C14H15NO4. The standard InChI is InChI=1S/C14H15NO4/c16-10-1-2-11(17)15(10)13-3-8-5-14(19,7-13)6-9(4-13)12(8)18/h1-2,8-9,19H,3-7H2. The van der Waals surface area contributed by atoms with Crippen molar-refractivity contribution >= 4 is 17.6 Å². The molecule has 0 radical (unpaired) electrons. The first-order valence-corrected chi connectivity index (χ1v) is 6.75. The molecule has 2 atom stereocenters. The first-order valence-electron chi connectivity index (χ1n) is 6.75. The van der Waals surface area contributed by atoms with Crippen LogP contribution in [0.15, 0.2) is 12.2 Å². The predicted molar refractivity (Wildman–Crippen MR) is 63.7 cm³/mol. The highest BCUT2D eigenvalue weighted by Gasteiger charge is 2.64. The van der Waals surface area contributed by atoms with Crippen molar-refractivity contribution in [3.05, 3.63) is 12.2 Å². The van der Waals surface area contributed by atoms with Crippen molar-refractivity contribution in [1.29, 1.82) is 0 Å². The van der Waals surface area contributed by atoms with E-state index in [1.165, 1.54) is 17.1 Å². The summed E-state index contributed by atoms with van der Waals surface area (Å²) in [6.07, 6.45) is 5.05. The lowest BCUT2D eigenvalue weighted by Crippen LogP contribution is -2.69. The molecule has 4 bridgehead atoms. The van der Waals surface area contributed by atoms with Gasteiger partial charge in [-0.3, -0.25) is 19.3 Å². The van der Waals surface area contributed by atoms with E-state index in [4.69, 9.17) is 0 Å². The largest absolute Gasteiger partial charge is 0.390 e. The van der Waals surface area contributed by atoms with Gasteiger partial charge in [-0.15, -0.1) is 0 Å². The van der Waals surface area contributed by atoms with Gasteiger partial charge in [-0.05, 0) is 25.7 Å². The second kappa shape index (κ2) is 3.15. The van der Waals surface area contributed by atoms with Gasteiger partial charge in [0.2, 0.25) is 0 Å². The average molecular weight is 261 g/mol. The number of Topliss-reactive ketones (excluding diaryl/α,β-unsaturated/α-hetero) is 1. The van der Waals surface area contributed by atoms with Crippen LogP contribution in [-0.2, 0) is 14.4 Å². The topological polar surface area (TPSA) is 74.7 Å². The molecule has 4 aliphatic carbocycles. The highest BCUT2D eigenvalue weighted by molar-refractivity contribution is 6.13. The van der Waals surface area contributed by atoms with Crippen LogP contribution in [0.3, 0.4) is 0 Å². The zero-order valence-electron chi connectivity index (χ0n) is 10.5. The normalized spacial score (nSPS) is 47.6. The molecule has 2 amide bonds. The van der Waals surface area contributed by atoms with E-state index in [0.29, 0.717) is 32.1 Å². The second-order valence-corrected chi connectivity index (χ2v) is 6.58. The van der Waals surface area contributed by atoms with Crippen LogP contribution in [0.1, 0.15) is 32.1 Å². The Bertz CT molecular complexity index is 514. The summed E-state index contributed by atoms with van der Waals surface area (Å²) in [6.45, 7) is 0. The lowest BCUT2D eigenvalue weighted by atomic mass is 9.50. The quantitative estimate of drug-likeness (QED) is 0.683. The molecule has 4 fully saturated rings. The van der Waals surface area contributed by atoms with Crippen molar-refractivity contribution < 1.29 is 19.5 Å². The maximum atomic E-state index is 12.1. The molecule has 5 heteroatoms. The zero-order valence-corrected chi connectivity index (χ0v) is 10.5. The molecule has 2 unspecified atom stereocenters. The summed E-state index contributed by atoms with van der Waals surface area (Å²) < 4.78 is 0. The van der Waals surface area contributed by atoms with Crippen molar-refractivity contribution in [3.63, 3.8) is 0 Å². The summed E-state index contributed by atoms with van der Waals surface area (Å²) >= 11 is 0. The Labute approximate surface area is 110 Å². The van der Waals surface area contributed by atoms with E-state index in [1.54, 1.807) is 0 Å². The van der Waals surface area contributed by atoms with E-state index in [0.717, 1.165) is 0 Å². The summed E-state index contributed by atoms with van der Waals surface area (Å²) in [4.78, 5) is 37.3. The van der Waals surface area contributed by atoms with Crippen LogP contribution in [0.25, 0.3) is 0 Å². The summed E-state index contributed by atoms with van der Waals surface area (Å²) in [6, 6.07) is 0. The van der Waals surface area contributed by atoms with Crippen molar-refractivity contribution in [1.82, 2.24) is 4.90 Å². The van der Waals surface area contributed by atoms with E-state index in [2.05, 4.69) is 0 Å². The van der Waals surface area contributed by atoms with Crippen molar-refractivity contribution in [2.75, 3.05) is 0 Å². The van der Waals surface area contributed by atoms with Gasteiger partial charge in [-0.25, -0.2) is 0 Å². The van der Waals surface area contributed by atoms with Gasteiger partial charge < -0.3 is 5.11 Å². The number of imide groups is 1. The third kappa shape index (κ3) is 1.31. The molecule has 0 spiro atoms. The molecule has 0 saturated heterocycles. The average Bonchev–Trinajstić information content (AvgIpc) is 2.64. The van der Waals surface area contributed by atoms with Gasteiger partial charge in [0, 0.05) is 30.4 Å². The van der Waals surface area contributed by atoms with Crippen LogP contribution < -0.4 is 0 Å². The fraction of sp³-hybridized carbons (Fsp3) is 0.643. The van der Waals surface area contributed by atoms with Gasteiger partial charge in [0.1, 0.15) is 5.78 Å². The van der Waals surface area contributed by atoms with E-state index in [9.17, 15) is 19.5 Å². The fourth-order valence-electron chi connectivity index (χ4n) is 4.91. The van der Waals surface area contributed by atoms with Gasteiger partial charge in [-0.1, -0.05) is 0 Å². The SMILES string of the molecule is O=C1C2CC3(O)CC1CC(N1C(=O)C=CC1=O)(C2)C3. The van der Waals surface area contributed by atoms with Crippen LogP contribution in [0.2, 0.25) is 0 Å². The second-order valence-electron chi connectivity index (χ2n) is 6.58. The molecular weight excluding hydrogens is 246 g/mol. The van der Waals surface area contributed by atoms with Crippen LogP contribution in [0.5, 0.6) is 0 Å². The minimum Gasteiger partial charge on any atom is -0.390 e. The molecule has 4 saturated carbocycles. The number of carbonyl (C=O) groups is 3. The summed E-state index contributed by atoms with van der Waals surface area (Å²) in [5.74, 6) is -0.766. The van der Waals surface area contributed by atoms with Crippen LogP contribution in [0.4, 0.5) is 0 Å². The number of rotatable bonds is 1. The minimum absolute atomic E-state index is 0.188. The smallest absolute Gasteiger partial charge is 0.254 e. The molecule has 0 aromatic rings. The van der Waals surface area contributed by atoms with Crippen molar-refractivity contribution in [3.8, 4) is 0 Å². The molecule has 0 aromatic carbocycles. The number of amides is 2.